The monoisotopic (exact) mass is 304 g/mol. The van der Waals surface area contributed by atoms with Crippen LogP contribution in [-0.2, 0) is 17.9 Å². The summed E-state index contributed by atoms with van der Waals surface area (Å²) in [6.45, 7) is 6.94. The Kier molecular flexibility index (Phi) is 4.96. The standard InChI is InChI=1S/C16H20N2O2S/c1-11-4-5-14(12(2)8-11)9-17-15(19)6-7-18-13(3)10-21-16(18)20/h4-5,8,10H,6-7,9H2,1-3H3,(H,17,19). The van der Waals surface area contributed by atoms with Gasteiger partial charge in [-0.1, -0.05) is 35.1 Å². The lowest BCUT2D eigenvalue weighted by molar-refractivity contribution is -0.121. The van der Waals surface area contributed by atoms with Crippen LogP contribution in [0.15, 0.2) is 28.4 Å². The van der Waals surface area contributed by atoms with Crippen LogP contribution in [-0.4, -0.2) is 10.5 Å². The van der Waals surface area contributed by atoms with E-state index in [-0.39, 0.29) is 10.8 Å². The van der Waals surface area contributed by atoms with E-state index in [0.29, 0.717) is 19.5 Å². The number of rotatable bonds is 5. The first-order valence-electron chi connectivity index (χ1n) is 6.95. The number of nitrogens with one attached hydrogen (secondary N) is 1. The highest BCUT2D eigenvalue weighted by Gasteiger charge is 2.07. The van der Waals surface area contributed by atoms with Crippen molar-refractivity contribution in [2.45, 2.75) is 40.3 Å². The average Bonchev–Trinajstić information content (AvgIpc) is 2.75. The predicted molar refractivity (Wildman–Crippen MR) is 85.7 cm³/mol. The Balaban J connectivity index is 1.86. The van der Waals surface area contributed by atoms with Crippen LogP contribution in [0, 0.1) is 20.8 Å². The van der Waals surface area contributed by atoms with E-state index in [2.05, 4.69) is 18.3 Å². The number of aromatic nitrogens is 1. The van der Waals surface area contributed by atoms with Gasteiger partial charge in [-0.3, -0.25) is 9.59 Å². The SMILES string of the molecule is Cc1ccc(CNC(=O)CCn2c(C)csc2=O)c(C)c1. The molecule has 0 aliphatic heterocycles. The first-order chi connectivity index (χ1) is 9.97. The number of nitrogens with zero attached hydrogens (tertiary/aromatic N) is 1. The fourth-order valence-electron chi connectivity index (χ4n) is 2.21. The molecule has 1 amide bonds. The molecule has 2 rings (SSSR count). The first kappa shape index (κ1) is 15.5. The van der Waals surface area contributed by atoms with Crippen LogP contribution in [0.2, 0.25) is 0 Å². The van der Waals surface area contributed by atoms with E-state index in [9.17, 15) is 9.59 Å². The normalized spacial score (nSPS) is 10.6. The number of carbonyl (C=O) groups is 1. The summed E-state index contributed by atoms with van der Waals surface area (Å²) >= 11 is 1.17. The minimum Gasteiger partial charge on any atom is -0.352 e. The van der Waals surface area contributed by atoms with Gasteiger partial charge in [0.15, 0.2) is 0 Å². The molecule has 1 N–H and O–H groups in total. The zero-order chi connectivity index (χ0) is 15.4. The third kappa shape index (κ3) is 4.04. The maximum atomic E-state index is 11.9. The number of aryl methyl sites for hydroxylation is 3. The number of amides is 1. The lowest BCUT2D eigenvalue weighted by Gasteiger charge is -2.09. The first-order valence-corrected chi connectivity index (χ1v) is 7.83. The van der Waals surface area contributed by atoms with Crippen LogP contribution in [0.1, 0.15) is 28.8 Å². The molecule has 1 aromatic carbocycles. The number of hydrogen-bond donors (Lipinski definition) is 1. The average molecular weight is 304 g/mol. The van der Waals surface area contributed by atoms with Crippen molar-refractivity contribution in [2.24, 2.45) is 0 Å². The fourth-order valence-corrected chi connectivity index (χ4v) is 2.98. The molecule has 112 valence electrons. The minimum absolute atomic E-state index is 0.00493. The van der Waals surface area contributed by atoms with Gasteiger partial charge in [-0.05, 0) is 31.9 Å². The molecule has 0 bridgehead atoms. The van der Waals surface area contributed by atoms with Crippen molar-refractivity contribution in [1.82, 2.24) is 9.88 Å². The molecule has 0 spiro atoms. The summed E-state index contributed by atoms with van der Waals surface area (Å²) in [5, 5.41) is 4.73. The van der Waals surface area contributed by atoms with Crippen LogP contribution in [0.5, 0.6) is 0 Å². The van der Waals surface area contributed by atoms with Crippen molar-refractivity contribution < 1.29 is 4.79 Å². The van der Waals surface area contributed by atoms with Crippen LogP contribution < -0.4 is 10.2 Å². The molecule has 0 radical (unpaired) electrons. The van der Waals surface area contributed by atoms with E-state index in [0.717, 1.165) is 11.3 Å². The van der Waals surface area contributed by atoms with Gasteiger partial charge < -0.3 is 9.88 Å². The van der Waals surface area contributed by atoms with E-state index < -0.39 is 0 Å². The minimum atomic E-state index is -0.0347. The van der Waals surface area contributed by atoms with E-state index in [1.54, 1.807) is 4.57 Å². The van der Waals surface area contributed by atoms with Crippen molar-refractivity contribution in [1.29, 1.82) is 0 Å². The Morgan fingerprint density at radius 1 is 1.29 bits per heavy atom. The van der Waals surface area contributed by atoms with Gasteiger partial charge in [0.1, 0.15) is 0 Å². The molecule has 5 heteroatoms. The van der Waals surface area contributed by atoms with Crippen LogP contribution in [0.25, 0.3) is 0 Å². The van der Waals surface area contributed by atoms with Gasteiger partial charge in [-0.15, -0.1) is 0 Å². The Bertz CT molecular complexity index is 701. The molecule has 0 atom stereocenters. The topological polar surface area (TPSA) is 51.1 Å². The van der Waals surface area contributed by atoms with Crippen molar-refractivity contribution in [3.8, 4) is 0 Å². The van der Waals surface area contributed by atoms with Gasteiger partial charge in [0.2, 0.25) is 5.91 Å². The second kappa shape index (κ2) is 6.72. The van der Waals surface area contributed by atoms with Crippen LogP contribution in [0.4, 0.5) is 0 Å². The van der Waals surface area contributed by atoms with Gasteiger partial charge in [0.25, 0.3) is 0 Å². The maximum Gasteiger partial charge on any atom is 0.307 e. The third-order valence-electron chi connectivity index (χ3n) is 3.51. The molecule has 0 unspecified atom stereocenters. The lowest BCUT2D eigenvalue weighted by Crippen LogP contribution is -2.26. The lowest BCUT2D eigenvalue weighted by atomic mass is 10.1. The van der Waals surface area contributed by atoms with Gasteiger partial charge >= 0.3 is 4.87 Å². The molecule has 2 aromatic rings. The Labute approximate surface area is 128 Å². The maximum absolute atomic E-state index is 11.9. The Morgan fingerprint density at radius 3 is 2.67 bits per heavy atom. The number of benzene rings is 1. The molecular weight excluding hydrogens is 284 g/mol. The number of carbonyl (C=O) groups excluding carboxylic acids is 1. The van der Waals surface area contributed by atoms with Gasteiger partial charge in [-0.25, -0.2) is 0 Å². The smallest absolute Gasteiger partial charge is 0.307 e. The highest BCUT2D eigenvalue weighted by atomic mass is 32.1. The molecule has 0 aliphatic rings. The zero-order valence-electron chi connectivity index (χ0n) is 12.6. The van der Waals surface area contributed by atoms with Crippen LogP contribution in [0.3, 0.4) is 0 Å². The molecular formula is C16H20N2O2S. The van der Waals surface area contributed by atoms with Crippen molar-refractivity contribution in [2.75, 3.05) is 0 Å². The van der Waals surface area contributed by atoms with E-state index in [1.807, 2.05) is 31.4 Å². The highest BCUT2D eigenvalue weighted by molar-refractivity contribution is 7.07. The van der Waals surface area contributed by atoms with E-state index in [4.69, 9.17) is 0 Å². The Hall–Kier alpha value is -1.88. The van der Waals surface area contributed by atoms with Gasteiger partial charge in [0.05, 0.1) is 0 Å². The van der Waals surface area contributed by atoms with Crippen LogP contribution >= 0.6 is 11.3 Å². The van der Waals surface area contributed by atoms with Gasteiger partial charge in [0, 0.05) is 30.6 Å². The second-order valence-electron chi connectivity index (χ2n) is 5.25. The quantitative estimate of drug-likeness (QED) is 0.923. The summed E-state index contributed by atoms with van der Waals surface area (Å²) in [5.41, 5.74) is 4.43. The number of hydrogen-bond acceptors (Lipinski definition) is 3. The molecule has 0 fully saturated rings. The zero-order valence-corrected chi connectivity index (χ0v) is 13.4. The predicted octanol–water partition coefficient (Wildman–Crippen LogP) is 2.54. The summed E-state index contributed by atoms with van der Waals surface area (Å²) in [6, 6.07) is 6.19. The molecule has 1 aromatic heterocycles. The van der Waals surface area contributed by atoms with E-state index in [1.165, 1.54) is 22.5 Å². The van der Waals surface area contributed by atoms with Crippen molar-refractivity contribution in [3.63, 3.8) is 0 Å². The molecule has 21 heavy (non-hydrogen) atoms. The molecule has 0 saturated heterocycles. The third-order valence-corrected chi connectivity index (χ3v) is 4.39. The molecule has 0 aliphatic carbocycles. The fraction of sp³-hybridized carbons (Fsp3) is 0.375. The van der Waals surface area contributed by atoms with E-state index >= 15 is 0 Å². The van der Waals surface area contributed by atoms with Crippen molar-refractivity contribution >= 4 is 17.2 Å². The molecule has 1 heterocycles. The molecule has 4 nitrogen and oxygen atoms in total. The highest BCUT2D eigenvalue weighted by Crippen LogP contribution is 2.10. The summed E-state index contributed by atoms with van der Waals surface area (Å²) in [4.78, 5) is 23.4. The van der Waals surface area contributed by atoms with Gasteiger partial charge in [-0.2, -0.15) is 0 Å². The van der Waals surface area contributed by atoms with Crippen molar-refractivity contribution in [3.05, 3.63) is 55.6 Å². The summed E-state index contributed by atoms with van der Waals surface area (Å²) < 4.78 is 1.64. The largest absolute Gasteiger partial charge is 0.352 e. The summed E-state index contributed by atoms with van der Waals surface area (Å²) in [6.07, 6.45) is 0.322. The molecule has 0 saturated carbocycles. The second-order valence-corrected chi connectivity index (χ2v) is 6.07. The number of thiazole rings is 1. The summed E-state index contributed by atoms with van der Waals surface area (Å²) in [5.74, 6) is -0.0347. The summed E-state index contributed by atoms with van der Waals surface area (Å²) in [7, 11) is 0. The Morgan fingerprint density at radius 2 is 2.05 bits per heavy atom.